The SMILES string of the molecule is CC.CC.CC(C)(CCO)Oc1cccc(-c2ccc3cc(N4CCCCC4)ccc3c2)c1C#N. The van der Waals surface area contributed by atoms with Crippen molar-refractivity contribution in [3.8, 4) is 22.9 Å². The molecule has 0 amide bonds. The minimum absolute atomic E-state index is 0.0403. The van der Waals surface area contributed by atoms with Crippen LogP contribution in [0.4, 0.5) is 5.69 Å². The highest BCUT2D eigenvalue weighted by molar-refractivity contribution is 5.91. The van der Waals surface area contributed by atoms with Gasteiger partial charge in [-0.3, -0.25) is 0 Å². The highest BCUT2D eigenvalue weighted by Crippen LogP contribution is 2.35. The second-order valence-electron chi connectivity index (χ2n) is 8.92. The molecule has 0 aromatic heterocycles. The van der Waals surface area contributed by atoms with Crippen molar-refractivity contribution in [3.05, 3.63) is 60.2 Å². The first-order valence-corrected chi connectivity index (χ1v) is 13.1. The largest absolute Gasteiger partial charge is 0.486 e. The zero-order valence-corrected chi connectivity index (χ0v) is 22.4. The van der Waals surface area contributed by atoms with Gasteiger partial charge in [0.25, 0.3) is 0 Å². The topological polar surface area (TPSA) is 56.5 Å². The lowest BCUT2D eigenvalue weighted by atomic mass is 9.96. The molecule has 1 N–H and O–H groups in total. The summed E-state index contributed by atoms with van der Waals surface area (Å²) in [6.45, 7) is 14.2. The number of benzene rings is 3. The van der Waals surface area contributed by atoms with E-state index in [1.54, 1.807) is 0 Å². The number of ether oxygens (including phenoxy) is 1. The van der Waals surface area contributed by atoms with Crippen LogP contribution >= 0.6 is 0 Å². The standard InChI is InChI=1S/C27H30N2O2.2C2H6/c1-27(2,13-16-30)31-26-8-6-7-24(25(26)19-28)22-10-9-21-18-23(12-11-20(21)17-22)29-14-4-3-5-15-29;2*1-2/h6-12,17-18,30H,3-5,13-16H2,1-2H3;2*1-2H3. The number of anilines is 1. The summed E-state index contributed by atoms with van der Waals surface area (Å²) in [5, 5.41) is 21.6. The fourth-order valence-electron chi connectivity index (χ4n) is 4.34. The van der Waals surface area contributed by atoms with Crippen LogP contribution < -0.4 is 9.64 Å². The molecule has 0 aliphatic carbocycles. The zero-order valence-electron chi connectivity index (χ0n) is 22.4. The van der Waals surface area contributed by atoms with Gasteiger partial charge in [-0.1, -0.05) is 58.0 Å². The molecule has 1 aliphatic rings. The lowest BCUT2D eigenvalue weighted by Crippen LogP contribution is -2.29. The molecule has 1 heterocycles. The number of nitriles is 1. The van der Waals surface area contributed by atoms with Crippen molar-refractivity contribution in [3.63, 3.8) is 0 Å². The van der Waals surface area contributed by atoms with Gasteiger partial charge in [0.1, 0.15) is 23.0 Å². The van der Waals surface area contributed by atoms with E-state index >= 15 is 0 Å². The molecule has 1 saturated heterocycles. The molecule has 3 aromatic rings. The van der Waals surface area contributed by atoms with Crippen molar-refractivity contribution in [1.29, 1.82) is 5.26 Å². The van der Waals surface area contributed by atoms with Crippen molar-refractivity contribution < 1.29 is 9.84 Å². The van der Waals surface area contributed by atoms with Gasteiger partial charge in [-0.05, 0) is 73.7 Å². The van der Waals surface area contributed by atoms with Gasteiger partial charge in [0, 0.05) is 37.4 Å². The van der Waals surface area contributed by atoms with Gasteiger partial charge >= 0.3 is 0 Å². The van der Waals surface area contributed by atoms with Gasteiger partial charge in [0.05, 0.1) is 0 Å². The average Bonchev–Trinajstić information content (AvgIpc) is 2.90. The molecule has 4 nitrogen and oxygen atoms in total. The molecule has 0 saturated carbocycles. The van der Waals surface area contributed by atoms with Crippen LogP contribution in [0.1, 0.15) is 72.8 Å². The highest BCUT2D eigenvalue weighted by atomic mass is 16.5. The summed E-state index contributed by atoms with van der Waals surface area (Å²) in [6.07, 6.45) is 4.36. The summed E-state index contributed by atoms with van der Waals surface area (Å²) in [5.41, 5.74) is 3.13. The van der Waals surface area contributed by atoms with Crippen LogP contribution in [0.15, 0.2) is 54.6 Å². The highest BCUT2D eigenvalue weighted by Gasteiger charge is 2.22. The van der Waals surface area contributed by atoms with E-state index in [1.165, 1.54) is 30.3 Å². The molecule has 4 rings (SSSR count). The normalized spacial score (nSPS) is 13.1. The Morgan fingerprint density at radius 3 is 2.23 bits per heavy atom. The van der Waals surface area contributed by atoms with Crippen LogP contribution in [0.5, 0.6) is 5.75 Å². The monoisotopic (exact) mass is 474 g/mol. The van der Waals surface area contributed by atoms with Crippen molar-refractivity contribution >= 4 is 16.5 Å². The van der Waals surface area contributed by atoms with E-state index in [0.717, 1.165) is 29.6 Å². The van der Waals surface area contributed by atoms with Crippen LogP contribution in [-0.4, -0.2) is 30.4 Å². The molecule has 0 bridgehead atoms. The summed E-state index contributed by atoms with van der Waals surface area (Å²) in [6, 6.07) is 21.1. The van der Waals surface area contributed by atoms with Crippen LogP contribution in [0.3, 0.4) is 0 Å². The first kappa shape index (κ1) is 28.2. The van der Waals surface area contributed by atoms with Crippen molar-refractivity contribution in [2.45, 2.75) is 72.8 Å². The van der Waals surface area contributed by atoms with Crippen LogP contribution in [0.25, 0.3) is 21.9 Å². The average molecular weight is 475 g/mol. The molecule has 1 fully saturated rings. The van der Waals surface area contributed by atoms with E-state index < -0.39 is 5.60 Å². The quantitative estimate of drug-likeness (QED) is 0.394. The lowest BCUT2D eigenvalue weighted by Gasteiger charge is -2.29. The molecule has 1 aliphatic heterocycles. The minimum atomic E-state index is -0.548. The Bertz CT molecular complexity index is 1110. The second-order valence-corrected chi connectivity index (χ2v) is 8.92. The maximum absolute atomic E-state index is 9.90. The number of rotatable bonds is 6. The smallest absolute Gasteiger partial charge is 0.138 e. The van der Waals surface area contributed by atoms with Crippen LogP contribution in [0, 0.1) is 11.3 Å². The van der Waals surface area contributed by atoms with Crippen molar-refractivity contribution in [1.82, 2.24) is 0 Å². The number of fused-ring (bicyclic) bond motifs is 1. The number of piperidine rings is 1. The van der Waals surface area contributed by atoms with Crippen molar-refractivity contribution in [2.24, 2.45) is 0 Å². The summed E-state index contributed by atoms with van der Waals surface area (Å²) in [7, 11) is 0. The molecule has 0 atom stereocenters. The third kappa shape index (κ3) is 7.23. The minimum Gasteiger partial charge on any atom is -0.486 e. The predicted octanol–water partition coefficient (Wildman–Crippen LogP) is 7.96. The molecule has 0 unspecified atom stereocenters. The Morgan fingerprint density at radius 2 is 1.57 bits per heavy atom. The number of nitrogens with zero attached hydrogens (tertiary/aromatic N) is 2. The number of aliphatic hydroxyl groups excluding tert-OH is 1. The van der Waals surface area contributed by atoms with Crippen LogP contribution in [-0.2, 0) is 0 Å². The van der Waals surface area contributed by atoms with E-state index in [2.05, 4.69) is 47.4 Å². The number of hydrogen-bond acceptors (Lipinski definition) is 4. The van der Waals surface area contributed by atoms with Gasteiger partial charge in [-0.25, -0.2) is 0 Å². The molecule has 3 aromatic carbocycles. The lowest BCUT2D eigenvalue weighted by molar-refractivity contribution is 0.0762. The molecule has 188 valence electrons. The Kier molecular flexibility index (Phi) is 11.1. The molecule has 35 heavy (non-hydrogen) atoms. The molecule has 4 heteroatoms. The zero-order chi connectivity index (χ0) is 25.8. The van der Waals surface area contributed by atoms with E-state index in [0.29, 0.717) is 17.7 Å². The first-order valence-electron chi connectivity index (χ1n) is 13.1. The maximum Gasteiger partial charge on any atom is 0.138 e. The second kappa shape index (κ2) is 13.8. The summed E-state index contributed by atoms with van der Waals surface area (Å²) in [4.78, 5) is 2.47. The first-order chi connectivity index (χ1) is 17.0. The van der Waals surface area contributed by atoms with Gasteiger partial charge in [-0.15, -0.1) is 0 Å². The Balaban J connectivity index is 0.00000103. The van der Waals surface area contributed by atoms with Gasteiger partial charge in [-0.2, -0.15) is 5.26 Å². The number of hydrogen-bond donors (Lipinski definition) is 1. The van der Waals surface area contributed by atoms with Gasteiger partial charge < -0.3 is 14.7 Å². The molecular weight excluding hydrogens is 432 g/mol. The van der Waals surface area contributed by atoms with Crippen LogP contribution in [0.2, 0.25) is 0 Å². The fourth-order valence-corrected chi connectivity index (χ4v) is 4.34. The molecule has 0 radical (unpaired) electrons. The van der Waals surface area contributed by atoms with E-state index in [1.807, 2.05) is 59.7 Å². The Labute approximate surface area is 212 Å². The van der Waals surface area contributed by atoms with Gasteiger partial charge in [0.15, 0.2) is 0 Å². The van der Waals surface area contributed by atoms with Gasteiger partial charge in [0.2, 0.25) is 0 Å². The summed E-state index contributed by atoms with van der Waals surface area (Å²) < 4.78 is 6.11. The predicted molar refractivity (Wildman–Crippen MR) is 149 cm³/mol. The fraction of sp³-hybridized carbons (Fsp3) is 0.452. The Hall–Kier alpha value is -3.03. The van der Waals surface area contributed by atoms with E-state index in [9.17, 15) is 10.4 Å². The van der Waals surface area contributed by atoms with E-state index in [-0.39, 0.29) is 6.61 Å². The molecule has 0 spiro atoms. The third-order valence-electron chi connectivity index (χ3n) is 6.09. The third-order valence-corrected chi connectivity index (χ3v) is 6.09. The maximum atomic E-state index is 9.90. The summed E-state index contributed by atoms with van der Waals surface area (Å²) >= 11 is 0. The summed E-state index contributed by atoms with van der Waals surface area (Å²) in [5.74, 6) is 0.555. The Morgan fingerprint density at radius 1 is 0.914 bits per heavy atom. The van der Waals surface area contributed by atoms with E-state index in [4.69, 9.17) is 4.74 Å². The molecular formula is C31H42N2O2. The van der Waals surface area contributed by atoms with Crippen molar-refractivity contribution in [2.75, 3.05) is 24.6 Å². The number of aliphatic hydroxyl groups is 1.